The van der Waals surface area contributed by atoms with Crippen molar-refractivity contribution in [1.82, 2.24) is 9.80 Å². The van der Waals surface area contributed by atoms with Crippen LogP contribution in [0.15, 0.2) is 41.8 Å². The van der Waals surface area contributed by atoms with E-state index >= 15 is 0 Å². The van der Waals surface area contributed by atoms with Crippen molar-refractivity contribution >= 4 is 22.9 Å². The van der Waals surface area contributed by atoms with Gasteiger partial charge in [0.15, 0.2) is 0 Å². The fourth-order valence-corrected chi connectivity index (χ4v) is 3.88. The standard InChI is InChI=1S/C18H23ClN2OS/c19-16-4-1-3-15(13-16)18(22)14-21-10-8-20(9-11-21)7-6-17-5-2-12-23-17/h1-5,12-13,18,22H,6-11,14H2. The summed E-state index contributed by atoms with van der Waals surface area (Å²) in [7, 11) is 0. The Labute approximate surface area is 147 Å². The zero-order chi connectivity index (χ0) is 16.1. The quantitative estimate of drug-likeness (QED) is 0.866. The van der Waals surface area contributed by atoms with Crippen LogP contribution in [0.2, 0.25) is 5.02 Å². The number of hydrogen-bond donors (Lipinski definition) is 1. The van der Waals surface area contributed by atoms with Gasteiger partial charge in [0.2, 0.25) is 0 Å². The molecule has 5 heteroatoms. The average Bonchev–Trinajstić information content (AvgIpc) is 3.08. The number of aliphatic hydroxyl groups is 1. The van der Waals surface area contributed by atoms with Crippen molar-refractivity contribution < 1.29 is 5.11 Å². The van der Waals surface area contributed by atoms with E-state index in [-0.39, 0.29) is 0 Å². The van der Waals surface area contributed by atoms with E-state index in [9.17, 15) is 5.11 Å². The van der Waals surface area contributed by atoms with E-state index in [1.807, 2.05) is 35.6 Å². The van der Waals surface area contributed by atoms with Crippen molar-refractivity contribution in [3.8, 4) is 0 Å². The van der Waals surface area contributed by atoms with E-state index in [1.54, 1.807) is 0 Å². The number of rotatable bonds is 6. The Morgan fingerprint density at radius 3 is 2.57 bits per heavy atom. The van der Waals surface area contributed by atoms with Crippen LogP contribution in [0.3, 0.4) is 0 Å². The number of benzene rings is 1. The van der Waals surface area contributed by atoms with Crippen LogP contribution in [0.4, 0.5) is 0 Å². The van der Waals surface area contributed by atoms with Gasteiger partial charge in [-0.15, -0.1) is 11.3 Å². The smallest absolute Gasteiger partial charge is 0.0917 e. The van der Waals surface area contributed by atoms with Crippen molar-refractivity contribution in [3.63, 3.8) is 0 Å². The molecule has 1 aliphatic rings. The van der Waals surface area contributed by atoms with Gasteiger partial charge in [-0.25, -0.2) is 0 Å². The molecule has 0 radical (unpaired) electrons. The number of thiophene rings is 1. The van der Waals surface area contributed by atoms with Crippen LogP contribution >= 0.6 is 22.9 Å². The van der Waals surface area contributed by atoms with Crippen LogP contribution in [0, 0.1) is 0 Å². The lowest BCUT2D eigenvalue weighted by molar-refractivity contribution is 0.0730. The Hall–Kier alpha value is -0.910. The molecule has 1 aromatic carbocycles. The summed E-state index contributed by atoms with van der Waals surface area (Å²) in [6, 6.07) is 11.8. The minimum Gasteiger partial charge on any atom is -0.387 e. The first-order valence-corrected chi connectivity index (χ1v) is 9.37. The molecule has 0 aliphatic carbocycles. The molecule has 1 unspecified atom stereocenters. The molecular formula is C18H23ClN2OS. The normalized spacial score (nSPS) is 18.2. The van der Waals surface area contributed by atoms with E-state index in [1.165, 1.54) is 4.88 Å². The summed E-state index contributed by atoms with van der Waals surface area (Å²) in [6.07, 6.45) is 0.675. The Bertz CT molecular complexity index is 597. The maximum Gasteiger partial charge on any atom is 0.0917 e. The van der Waals surface area contributed by atoms with E-state index in [4.69, 9.17) is 11.6 Å². The third-order valence-electron chi connectivity index (χ3n) is 4.38. The van der Waals surface area contributed by atoms with Crippen molar-refractivity contribution in [2.45, 2.75) is 12.5 Å². The van der Waals surface area contributed by atoms with Gasteiger partial charge >= 0.3 is 0 Å². The van der Waals surface area contributed by atoms with Crippen LogP contribution in [-0.2, 0) is 6.42 Å². The predicted octanol–water partition coefficient (Wildman–Crippen LogP) is 3.30. The number of aliphatic hydroxyl groups excluding tert-OH is 1. The van der Waals surface area contributed by atoms with Gasteiger partial charge in [0.05, 0.1) is 6.10 Å². The topological polar surface area (TPSA) is 26.7 Å². The minimum atomic E-state index is -0.466. The first kappa shape index (κ1) is 16.9. The van der Waals surface area contributed by atoms with Crippen molar-refractivity contribution in [2.24, 2.45) is 0 Å². The van der Waals surface area contributed by atoms with E-state index in [0.29, 0.717) is 11.6 Å². The van der Waals surface area contributed by atoms with Crippen LogP contribution in [-0.4, -0.2) is 54.2 Å². The molecule has 2 aromatic rings. The molecule has 3 rings (SSSR count). The summed E-state index contributed by atoms with van der Waals surface area (Å²) in [5.74, 6) is 0. The number of hydrogen-bond acceptors (Lipinski definition) is 4. The Morgan fingerprint density at radius 2 is 1.87 bits per heavy atom. The molecule has 0 spiro atoms. The van der Waals surface area contributed by atoms with Gasteiger partial charge < -0.3 is 10.0 Å². The highest BCUT2D eigenvalue weighted by atomic mass is 35.5. The lowest BCUT2D eigenvalue weighted by Crippen LogP contribution is -2.47. The SMILES string of the molecule is OC(CN1CCN(CCc2cccs2)CC1)c1cccc(Cl)c1. The predicted molar refractivity (Wildman–Crippen MR) is 97.3 cm³/mol. The van der Waals surface area contributed by atoms with Crippen LogP contribution in [0.1, 0.15) is 16.5 Å². The van der Waals surface area contributed by atoms with Gasteiger partial charge in [-0.2, -0.15) is 0 Å². The van der Waals surface area contributed by atoms with Gasteiger partial charge in [-0.1, -0.05) is 29.8 Å². The first-order valence-electron chi connectivity index (χ1n) is 8.11. The first-order chi connectivity index (χ1) is 11.2. The molecule has 0 saturated carbocycles. The monoisotopic (exact) mass is 350 g/mol. The second kappa shape index (κ2) is 8.27. The molecule has 1 fully saturated rings. The number of β-amino-alcohol motifs (C(OH)–C–C–N with tert-alkyl or cyclic N) is 1. The van der Waals surface area contributed by atoms with Crippen molar-refractivity contribution in [2.75, 3.05) is 39.3 Å². The Kier molecular flexibility index (Phi) is 6.08. The highest BCUT2D eigenvalue weighted by Crippen LogP contribution is 2.19. The molecule has 1 aliphatic heterocycles. The molecule has 0 amide bonds. The second-order valence-electron chi connectivity index (χ2n) is 6.04. The van der Waals surface area contributed by atoms with E-state index in [2.05, 4.69) is 27.3 Å². The van der Waals surface area contributed by atoms with Gasteiger partial charge in [0.1, 0.15) is 0 Å². The molecule has 1 aromatic heterocycles. The molecule has 2 heterocycles. The van der Waals surface area contributed by atoms with Gasteiger partial charge in [-0.05, 0) is 35.6 Å². The summed E-state index contributed by atoms with van der Waals surface area (Å²) in [6.45, 7) is 6.00. The minimum absolute atomic E-state index is 0.466. The summed E-state index contributed by atoms with van der Waals surface area (Å²) >= 11 is 7.84. The lowest BCUT2D eigenvalue weighted by Gasteiger charge is -2.35. The van der Waals surface area contributed by atoms with Gasteiger partial charge in [0.25, 0.3) is 0 Å². The average molecular weight is 351 g/mol. The zero-order valence-corrected chi connectivity index (χ0v) is 14.8. The molecule has 23 heavy (non-hydrogen) atoms. The van der Waals surface area contributed by atoms with Gasteiger partial charge in [0, 0.05) is 49.2 Å². The third-order valence-corrected chi connectivity index (χ3v) is 5.56. The number of nitrogens with zero attached hydrogens (tertiary/aromatic N) is 2. The molecule has 1 saturated heterocycles. The number of piperazine rings is 1. The van der Waals surface area contributed by atoms with Crippen molar-refractivity contribution in [3.05, 3.63) is 57.2 Å². The summed E-state index contributed by atoms with van der Waals surface area (Å²) in [5, 5.41) is 13.2. The molecule has 1 atom stereocenters. The fourth-order valence-electron chi connectivity index (χ4n) is 2.98. The third kappa shape index (κ3) is 5.03. The number of halogens is 1. The molecular weight excluding hydrogens is 328 g/mol. The van der Waals surface area contributed by atoms with Crippen LogP contribution in [0.5, 0.6) is 0 Å². The Morgan fingerprint density at radius 1 is 1.09 bits per heavy atom. The maximum absolute atomic E-state index is 10.4. The Balaban J connectivity index is 1.42. The summed E-state index contributed by atoms with van der Waals surface area (Å²) < 4.78 is 0. The highest BCUT2D eigenvalue weighted by molar-refractivity contribution is 7.09. The zero-order valence-electron chi connectivity index (χ0n) is 13.2. The summed E-state index contributed by atoms with van der Waals surface area (Å²) in [5.41, 5.74) is 0.901. The largest absolute Gasteiger partial charge is 0.387 e. The molecule has 3 nitrogen and oxygen atoms in total. The second-order valence-corrected chi connectivity index (χ2v) is 7.51. The highest BCUT2D eigenvalue weighted by Gasteiger charge is 2.19. The van der Waals surface area contributed by atoms with Gasteiger partial charge in [-0.3, -0.25) is 4.90 Å². The maximum atomic E-state index is 10.4. The van der Waals surface area contributed by atoms with Crippen LogP contribution in [0.25, 0.3) is 0 Å². The van der Waals surface area contributed by atoms with Crippen LogP contribution < -0.4 is 0 Å². The molecule has 1 N–H and O–H groups in total. The molecule has 0 bridgehead atoms. The fraction of sp³-hybridized carbons (Fsp3) is 0.444. The van der Waals surface area contributed by atoms with Crippen molar-refractivity contribution in [1.29, 1.82) is 0 Å². The summed E-state index contributed by atoms with van der Waals surface area (Å²) in [4.78, 5) is 6.32. The molecule has 124 valence electrons. The van der Waals surface area contributed by atoms with E-state index < -0.39 is 6.10 Å². The van der Waals surface area contributed by atoms with E-state index in [0.717, 1.165) is 44.7 Å². The lowest BCUT2D eigenvalue weighted by atomic mass is 10.1.